The molecule has 1 heterocycles. The monoisotopic (exact) mass is 504 g/mol. The molecule has 3 aromatic carbocycles. The van der Waals surface area contributed by atoms with Crippen molar-refractivity contribution in [3.63, 3.8) is 0 Å². The highest BCUT2D eigenvalue weighted by atomic mass is 35.5. The topological polar surface area (TPSA) is 18.5 Å². The summed E-state index contributed by atoms with van der Waals surface area (Å²) < 4.78 is 54.3. The van der Waals surface area contributed by atoms with E-state index < -0.39 is 16.7 Å². The van der Waals surface area contributed by atoms with Crippen molar-refractivity contribution in [3.05, 3.63) is 81.6 Å². The molecule has 3 aromatic rings. The fourth-order valence-electron chi connectivity index (χ4n) is 4.65. The summed E-state index contributed by atoms with van der Waals surface area (Å²) >= 11 is 5.54. The number of benzene rings is 3. The van der Waals surface area contributed by atoms with Crippen molar-refractivity contribution >= 4 is 22.4 Å². The molecule has 35 heavy (non-hydrogen) atoms. The lowest BCUT2D eigenvalue weighted by Gasteiger charge is -2.29. The Morgan fingerprint density at radius 2 is 1.57 bits per heavy atom. The van der Waals surface area contributed by atoms with Crippen LogP contribution in [0.3, 0.4) is 0 Å². The normalized spacial score (nSPS) is 18.3. The molecule has 4 rings (SSSR count). The standard InChI is InChI=1S/C29H32ClF3O2/c1-2-3-4-5-21-17-34-27(35-18-21)13-8-19-7-12-24-23(14-19)11-10-22(29(24)33)9-6-20-15-25(31)28(30)26(32)16-20/h7,10-12,14-16,21,27H,2-6,8-9,13,17-18H2,1H3. The Balaban J connectivity index is 1.32. The molecule has 6 heteroatoms. The minimum absolute atomic E-state index is 0.185. The molecule has 0 unspecified atom stereocenters. The maximum Gasteiger partial charge on any atom is 0.157 e. The average molecular weight is 505 g/mol. The molecule has 0 radical (unpaired) electrons. The summed E-state index contributed by atoms with van der Waals surface area (Å²) in [6.07, 6.45) is 6.88. The average Bonchev–Trinajstić information content (AvgIpc) is 2.86. The highest BCUT2D eigenvalue weighted by Gasteiger charge is 2.21. The van der Waals surface area contributed by atoms with Crippen LogP contribution in [-0.4, -0.2) is 19.5 Å². The van der Waals surface area contributed by atoms with Gasteiger partial charge in [-0.15, -0.1) is 0 Å². The van der Waals surface area contributed by atoms with Gasteiger partial charge >= 0.3 is 0 Å². The van der Waals surface area contributed by atoms with Crippen molar-refractivity contribution in [1.29, 1.82) is 0 Å². The Labute approximate surface area is 210 Å². The lowest BCUT2D eigenvalue weighted by atomic mass is 9.98. The van der Waals surface area contributed by atoms with E-state index in [1.807, 2.05) is 18.2 Å². The number of unbranched alkanes of at least 4 members (excludes halogenated alkanes) is 2. The molecule has 0 spiro atoms. The molecule has 0 aliphatic carbocycles. The summed E-state index contributed by atoms with van der Waals surface area (Å²) in [6.45, 7) is 3.73. The van der Waals surface area contributed by atoms with Crippen LogP contribution in [0.1, 0.15) is 55.7 Å². The van der Waals surface area contributed by atoms with Gasteiger partial charge in [-0.05, 0) is 59.9 Å². The van der Waals surface area contributed by atoms with Crippen LogP contribution in [0.15, 0.2) is 42.5 Å². The van der Waals surface area contributed by atoms with Gasteiger partial charge in [-0.3, -0.25) is 0 Å². The fraction of sp³-hybridized carbons (Fsp3) is 0.448. The summed E-state index contributed by atoms with van der Waals surface area (Å²) in [5.74, 6) is -1.40. The smallest absolute Gasteiger partial charge is 0.157 e. The predicted molar refractivity (Wildman–Crippen MR) is 134 cm³/mol. The zero-order chi connectivity index (χ0) is 24.8. The van der Waals surface area contributed by atoms with Crippen LogP contribution in [0, 0.1) is 23.4 Å². The van der Waals surface area contributed by atoms with Gasteiger partial charge < -0.3 is 9.47 Å². The zero-order valence-electron chi connectivity index (χ0n) is 20.1. The fourth-order valence-corrected chi connectivity index (χ4v) is 4.76. The van der Waals surface area contributed by atoms with Gasteiger partial charge in [-0.25, -0.2) is 13.2 Å². The minimum atomic E-state index is -0.802. The summed E-state index contributed by atoms with van der Waals surface area (Å²) in [5, 5.41) is 0.850. The highest BCUT2D eigenvalue weighted by molar-refractivity contribution is 6.30. The minimum Gasteiger partial charge on any atom is -0.352 e. The van der Waals surface area contributed by atoms with Crippen molar-refractivity contribution < 1.29 is 22.6 Å². The molecule has 0 saturated carbocycles. The second-order valence-electron chi connectivity index (χ2n) is 9.46. The van der Waals surface area contributed by atoms with Gasteiger partial charge in [0.25, 0.3) is 0 Å². The predicted octanol–water partition coefficient (Wildman–Crippen LogP) is 8.20. The molecule has 1 aliphatic heterocycles. The molecular weight excluding hydrogens is 473 g/mol. The molecule has 0 N–H and O–H groups in total. The van der Waals surface area contributed by atoms with E-state index in [4.69, 9.17) is 21.1 Å². The van der Waals surface area contributed by atoms with Crippen LogP contribution >= 0.6 is 11.6 Å². The first-order valence-electron chi connectivity index (χ1n) is 12.5. The van der Waals surface area contributed by atoms with E-state index >= 15 is 4.39 Å². The maximum absolute atomic E-state index is 15.1. The second kappa shape index (κ2) is 12.2. The van der Waals surface area contributed by atoms with E-state index in [0.717, 1.165) is 43.4 Å². The Morgan fingerprint density at radius 3 is 2.29 bits per heavy atom. The molecule has 0 atom stereocenters. The van der Waals surface area contributed by atoms with Gasteiger partial charge in [0.2, 0.25) is 0 Å². The molecule has 0 amide bonds. The Hall–Kier alpha value is -2.08. The first-order valence-corrected chi connectivity index (χ1v) is 12.9. The number of rotatable bonds is 10. The van der Waals surface area contributed by atoms with Crippen LogP contribution < -0.4 is 0 Å². The third-order valence-corrected chi connectivity index (χ3v) is 7.11. The molecule has 1 saturated heterocycles. The van der Waals surface area contributed by atoms with Crippen LogP contribution in [0.5, 0.6) is 0 Å². The van der Waals surface area contributed by atoms with Crippen molar-refractivity contribution in [3.8, 4) is 0 Å². The zero-order valence-corrected chi connectivity index (χ0v) is 20.9. The van der Waals surface area contributed by atoms with Gasteiger partial charge in [0.05, 0.1) is 13.2 Å². The maximum atomic E-state index is 15.1. The summed E-state index contributed by atoms with van der Waals surface area (Å²) in [4.78, 5) is 0. The van der Waals surface area contributed by atoms with Crippen molar-refractivity contribution in [2.75, 3.05) is 13.2 Å². The quantitative estimate of drug-likeness (QED) is 0.204. The van der Waals surface area contributed by atoms with E-state index in [-0.39, 0.29) is 12.1 Å². The third-order valence-electron chi connectivity index (χ3n) is 6.75. The van der Waals surface area contributed by atoms with Crippen LogP contribution in [0.25, 0.3) is 10.8 Å². The van der Waals surface area contributed by atoms with Gasteiger partial charge in [-0.1, -0.05) is 68.1 Å². The number of hydrogen-bond acceptors (Lipinski definition) is 2. The van der Waals surface area contributed by atoms with E-state index in [2.05, 4.69) is 6.92 Å². The molecule has 2 nitrogen and oxygen atoms in total. The van der Waals surface area contributed by atoms with Gasteiger partial charge in [-0.2, -0.15) is 0 Å². The van der Waals surface area contributed by atoms with Crippen LogP contribution in [0.4, 0.5) is 13.2 Å². The SMILES string of the molecule is CCCCCC1COC(CCc2ccc3c(F)c(CCc4cc(F)c(Cl)c(F)c4)ccc3c2)OC1. The van der Waals surface area contributed by atoms with Crippen molar-refractivity contribution in [2.24, 2.45) is 5.92 Å². The van der Waals surface area contributed by atoms with Crippen LogP contribution in [0.2, 0.25) is 5.02 Å². The number of fused-ring (bicyclic) bond motifs is 1. The van der Waals surface area contributed by atoms with Gasteiger partial charge in [0.1, 0.15) is 22.5 Å². The largest absolute Gasteiger partial charge is 0.352 e. The van der Waals surface area contributed by atoms with Crippen molar-refractivity contribution in [1.82, 2.24) is 0 Å². The summed E-state index contributed by atoms with van der Waals surface area (Å²) in [5.41, 5.74) is 2.06. The molecule has 188 valence electrons. The molecular formula is C29H32ClF3O2. The molecule has 1 fully saturated rings. The third kappa shape index (κ3) is 6.78. The molecule has 0 bridgehead atoms. The summed E-state index contributed by atoms with van der Waals surface area (Å²) in [7, 11) is 0. The number of halogens is 4. The van der Waals surface area contributed by atoms with E-state index in [1.54, 1.807) is 12.1 Å². The highest BCUT2D eigenvalue weighted by Crippen LogP contribution is 2.26. The molecule has 1 aliphatic rings. The Morgan fingerprint density at radius 1 is 0.829 bits per heavy atom. The lowest BCUT2D eigenvalue weighted by molar-refractivity contribution is -0.203. The first kappa shape index (κ1) is 26.0. The van der Waals surface area contributed by atoms with Gasteiger partial charge in [0, 0.05) is 17.7 Å². The molecule has 0 aromatic heterocycles. The van der Waals surface area contributed by atoms with Crippen molar-refractivity contribution in [2.45, 2.75) is 64.6 Å². The number of hydrogen-bond donors (Lipinski definition) is 0. The lowest BCUT2D eigenvalue weighted by Crippen LogP contribution is -2.32. The Bertz CT molecular complexity index is 1120. The van der Waals surface area contributed by atoms with Crippen LogP contribution in [-0.2, 0) is 28.7 Å². The number of ether oxygens (including phenoxy) is 2. The second-order valence-corrected chi connectivity index (χ2v) is 9.84. The van der Waals surface area contributed by atoms with E-state index in [9.17, 15) is 8.78 Å². The Kier molecular flexibility index (Phi) is 9.10. The summed E-state index contributed by atoms with van der Waals surface area (Å²) in [6, 6.07) is 11.8. The first-order chi connectivity index (χ1) is 16.9. The van der Waals surface area contributed by atoms with Gasteiger partial charge in [0.15, 0.2) is 6.29 Å². The van der Waals surface area contributed by atoms with E-state index in [0.29, 0.717) is 35.3 Å². The van der Waals surface area contributed by atoms with E-state index in [1.165, 1.54) is 31.4 Å². The number of aryl methyl sites for hydroxylation is 3.